The van der Waals surface area contributed by atoms with Crippen molar-refractivity contribution in [2.45, 2.75) is 25.1 Å². The third-order valence-electron chi connectivity index (χ3n) is 5.05. The van der Waals surface area contributed by atoms with Crippen LogP contribution in [0.25, 0.3) is 0 Å². The van der Waals surface area contributed by atoms with Crippen LogP contribution in [0.3, 0.4) is 0 Å². The van der Waals surface area contributed by atoms with Crippen LogP contribution in [0.1, 0.15) is 18.4 Å². The Hall–Kier alpha value is -1.35. The quantitative estimate of drug-likeness (QED) is 0.836. The third-order valence-corrected chi connectivity index (χ3v) is 5.38. The molecule has 0 unspecified atom stereocenters. The second kappa shape index (κ2) is 8.77. The number of hydrogen-bond donors (Lipinski definition) is 1. The molecule has 0 aromatic heterocycles. The number of hydrogen-bond acceptors (Lipinski definition) is 4. The Balaban J connectivity index is 1.50. The SMILES string of the molecule is O=C(CN1CCC(N2CCOCC2)CC1)Nc1cc(C(F)(F)F)ccc1Cl. The number of anilines is 1. The number of benzene rings is 1. The highest BCUT2D eigenvalue weighted by Crippen LogP contribution is 2.33. The van der Waals surface area contributed by atoms with Gasteiger partial charge in [-0.15, -0.1) is 0 Å². The summed E-state index contributed by atoms with van der Waals surface area (Å²) in [6.07, 6.45) is -2.54. The fourth-order valence-electron chi connectivity index (χ4n) is 3.58. The van der Waals surface area contributed by atoms with Crippen molar-refractivity contribution in [3.63, 3.8) is 0 Å². The summed E-state index contributed by atoms with van der Waals surface area (Å²) in [5, 5.41) is 2.59. The molecular weight excluding hydrogens is 383 g/mol. The first kappa shape index (κ1) is 20.4. The largest absolute Gasteiger partial charge is 0.416 e. The van der Waals surface area contributed by atoms with Crippen LogP contribution in [-0.4, -0.2) is 67.7 Å². The van der Waals surface area contributed by atoms with Crippen molar-refractivity contribution in [1.29, 1.82) is 0 Å². The smallest absolute Gasteiger partial charge is 0.379 e. The highest BCUT2D eigenvalue weighted by Gasteiger charge is 2.31. The Morgan fingerprint density at radius 3 is 2.48 bits per heavy atom. The Kier molecular flexibility index (Phi) is 6.62. The minimum absolute atomic E-state index is 0.0142. The van der Waals surface area contributed by atoms with Gasteiger partial charge in [-0.2, -0.15) is 13.2 Å². The summed E-state index contributed by atoms with van der Waals surface area (Å²) in [4.78, 5) is 16.7. The number of alkyl halides is 3. The average molecular weight is 406 g/mol. The van der Waals surface area contributed by atoms with Crippen LogP contribution in [-0.2, 0) is 15.7 Å². The second-order valence-electron chi connectivity index (χ2n) is 6.90. The van der Waals surface area contributed by atoms with Crippen LogP contribution < -0.4 is 5.32 Å². The molecule has 0 radical (unpaired) electrons. The molecule has 2 fully saturated rings. The van der Waals surface area contributed by atoms with Crippen LogP contribution in [0.15, 0.2) is 18.2 Å². The number of nitrogens with one attached hydrogen (secondary N) is 1. The monoisotopic (exact) mass is 405 g/mol. The Morgan fingerprint density at radius 2 is 1.85 bits per heavy atom. The molecule has 150 valence electrons. The molecule has 27 heavy (non-hydrogen) atoms. The topological polar surface area (TPSA) is 44.8 Å². The van der Waals surface area contributed by atoms with E-state index in [2.05, 4.69) is 10.2 Å². The van der Waals surface area contributed by atoms with E-state index in [1.807, 2.05) is 4.90 Å². The number of nitrogens with zero attached hydrogens (tertiary/aromatic N) is 2. The van der Waals surface area contributed by atoms with E-state index in [9.17, 15) is 18.0 Å². The van der Waals surface area contributed by atoms with Crippen LogP contribution in [0.2, 0.25) is 5.02 Å². The van der Waals surface area contributed by atoms with Crippen LogP contribution >= 0.6 is 11.6 Å². The van der Waals surface area contributed by atoms with Crippen molar-refractivity contribution >= 4 is 23.2 Å². The lowest BCUT2D eigenvalue weighted by Gasteiger charge is -2.39. The van der Waals surface area contributed by atoms with Gasteiger partial charge in [0.1, 0.15) is 0 Å². The fourth-order valence-corrected chi connectivity index (χ4v) is 3.74. The number of amides is 1. The molecule has 2 aliphatic rings. The Labute approximate surface area is 161 Å². The first-order valence-electron chi connectivity index (χ1n) is 9.03. The van der Waals surface area contributed by atoms with E-state index >= 15 is 0 Å². The van der Waals surface area contributed by atoms with Gasteiger partial charge in [0.2, 0.25) is 5.91 Å². The molecule has 5 nitrogen and oxygen atoms in total. The fraction of sp³-hybridized carbons (Fsp3) is 0.611. The maximum atomic E-state index is 12.8. The first-order chi connectivity index (χ1) is 12.8. The highest BCUT2D eigenvalue weighted by molar-refractivity contribution is 6.33. The van der Waals surface area contributed by atoms with Gasteiger partial charge in [-0.1, -0.05) is 11.6 Å². The molecule has 0 aliphatic carbocycles. The zero-order valence-corrected chi connectivity index (χ0v) is 15.7. The summed E-state index contributed by atoms with van der Waals surface area (Å²) < 4.78 is 43.8. The summed E-state index contributed by atoms with van der Waals surface area (Å²) in [6, 6.07) is 3.42. The molecule has 2 heterocycles. The molecule has 3 rings (SSSR count). The second-order valence-corrected chi connectivity index (χ2v) is 7.30. The van der Waals surface area contributed by atoms with Crippen molar-refractivity contribution < 1.29 is 22.7 Å². The maximum Gasteiger partial charge on any atom is 0.416 e. The summed E-state index contributed by atoms with van der Waals surface area (Å²) in [5.41, 5.74) is -0.854. The number of halogens is 4. The molecule has 0 atom stereocenters. The first-order valence-corrected chi connectivity index (χ1v) is 9.41. The van der Waals surface area contributed by atoms with Crippen molar-refractivity contribution in [3.05, 3.63) is 28.8 Å². The molecule has 1 aromatic rings. The van der Waals surface area contributed by atoms with E-state index in [1.54, 1.807) is 0 Å². The zero-order valence-electron chi connectivity index (χ0n) is 14.9. The maximum absolute atomic E-state index is 12.8. The normalized spacial score (nSPS) is 20.6. The summed E-state index contributed by atoms with van der Waals surface area (Å²) in [6.45, 7) is 5.12. The average Bonchev–Trinajstić information content (AvgIpc) is 2.64. The van der Waals surface area contributed by atoms with Gasteiger partial charge in [0.15, 0.2) is 0 Å². The van der Waals surface area contributed by atoms with E-state index < -0.39 is 11.7 Å². The summed E-state index contributed by atoms with van der Waals surface area (Å²) >= 11 is 5.93. The third kappa shape index (κ3) is 5.57. The summed E-state index contributed by atoms with van der Waals surface area (Å²) in [5.74, 6) is -0.360. The number of carbonyl (C=O) groups is 1. The van der Waals surface area contributed by atoms with E-state index in [-0.39, 0.29) is 23.2 Å². The number of morpholine rings is 1. The molecule has 1 amide bonds. The number of carbonyl (C=O) groups excluding carboxylic acids is 1. The van der Waals surface area contributed by atoms with Crippen molar-refractivity contribution in [3.8, 4) is 0 Å². The zero-order chi connectivity index (χ0) is 19.4. The minimum atomic E-state index is -4.48. The predicted octanol–water partition coefficient (Wildman–Crippen LogP) is 3.09. The molecule has 2 saturated heterocycles. The van der Waals surface area contributed by atoms with Gasteiger partial charge < -0.3 is 10.1 Å². The number of ether oxygens (including phenoxy) is 1. The molecule has 2 aliphatic heterocycles. The standard InChI is InChI=1S/C18H23ClF3N3O2/c19-15-2-1-13(18(20,21)22)11-16(15)23-17(26)12-24-5-3-14(4-6-24)25-7-9-27-10-8-25/h1-2,11,14H,3-10,12H2,(H,23,26). The Morgan fingerprint density at radius 1 is 1.19 bits per heavy atom. The van der Waals surface area contributed by atoms with E-state index in [4.69, 9.17) is 16.3 Å². The predicted molar refractivity (Wildman–Crippen MR) is 96.9 cm³/mol. The van der Waals surface area contributed by atoms with Gasteiger partial charge in [0, 0.05) is 32.2 Å². The highest BCUT2D eigenvalue weighted by atomic mass is 35.5. The number of likely N-dealkylation sites (tertiary alicyclic amines) is 1. The van der Waals surface area contributed by atoms with E-state index in [0.29, 0.717) is 6.04 Å². The van der Waals surface area contributed by atoms with Crippen LogP contribution in [0.5, 0.6) is 0 Å². The molecule has 0 bridgehead atoms. The van der Waals surface area contributed by atoms with Gasteiger partial charge >= 0.3 is 6.18 Å². The molecule has 0 spiro atoms. The summed E-state index contributed by atoms with van der Waals surface area (Å²) in [7, 11) is 0. The number of piperidine rings is 1. The molecule has 9 heteroatoms. The van der Waals surface area contributed by atoms with Gasteiger partial charge in [0.25, 0.3) is 0 Å². The van der Waals surface area contributed by atoms with Crippen LogP contribution in [0.4, 0.5) is 18.9 Å². The van der Waals surface area contributed by atoms with E-state index in [0.717, 1.165) is 70.4 Å². The van der Waals surface area contributed by atoms with Crippen LogP contribution in [0, 0.1) is 0 Å². The molecule has 1 N–H and O–H groups in total. The molecular formula is C18H23ClF3N3O2. The minimum Gasteiger partial charge on any atom is -0.379 e. The number of rotatable bonds is 4. The van der Waals surface area contributed by atoms with Gasteiger partial charge in [-0.05, 0) is 31.0 Å². The van der Waals surface area contributed by atoms with Crippen molar-refractivity contribution in [1.82, 2.24) is 9.80 Å². The Bertz CT molecular complexity index is 658. The van der Waals surface area contributed by atoms with E-state index in [1.165, 1.54) is 0 Å². The van der Waals surface area contributed by atoms with Gasteiger partial charge in [-0.25, -0.2) is 0 Å². The lowest BCUT2D eigenvalue weighted by Crippen LogP contribution is -2.50. The molecule has 1 aromatic carbocycles. The lowest BCUT2D eigenvalue weighted by molar-refractivity contribution is -0.137. The van der Waals surface area contributed by atoms with Crippen molar-refractivity contribution in [2.24, 2.45) is 0 Å². The lowest BCUT2D eigenvalue weighted by atomic mass is 10.0. The van der Waals surface area contributed by atoms with Crippen molar-refractivity contribution in [2.75, 3.05) is 51.3 Å². The van der Waals surface area contributed by atoms with Gasteiger partial charge in [0.05, 0.1) is 36.0 Å². The van der Waals surface area contributed by atoms with Gasteiger partial charge in [-0.3, -0.25) is 14.6 Å². The molecule has 0 saturated carbocycles.